The average molecular weight is 153 g/mol. The summed E-state index contributed by atoms with van der Waals surface area (Å²) in [5.74, 6) is 0. The molecule has 11 heavy (non-hydrogen) atoms. The molecule has 0 aromatic rings. The third-order valence-electron chi connectivity index (χ3n) is 0.944. The molecule has 0 aromatic carbocycles. The van der Waals surface area contributed by atoms with Gasteiger partial charge in [0.2, 0.25) is 0 Å². The molecule has 0 heterocycles. The minimum Gasteiger partial charge on any atom is -0.262 e. The van der Waals surface area contributed by atoms with E-state index in [1.54, 1.807) is 0 Å². The summed E-state index contributed by atoms with van der Waals surface area (Å²) in [6.07, 6.45) is 3.81. The van der Waals surface area contributed by atoms with Crippen molar-refractivity contribution in [2.24, 2.45) is 4.99 Å². The van der Waals surface area contributed by atoms with Crippen LogP contribution in [-0.4, -0.2) is 6.21 Å². The van der Waals surface area contributed by atoms with E-state index >= 15 is 0 Å². The van der Waals surface area contributed by atoms with Gasteiger partial charge >= 0.3 is 0 Å². The molecule has 0 saturated carbocycles. The van der Waals surface area contributed by atoms with Gasteiger partial charge < -0.3 is 0 Å². The number of hydrogen-bond donors (Lipinski definition) is 0. The van der Waals surface area contributed by atoms with Gasteiger partial charge in [-0.15, -0.1) is 0 Å². The summed E-state index contributed by atoms with van der Waals surface area (Å²) in [7, 11) is 0. The first kappa shape index (κ1) is 12.8. The van der Waals surface area contributed by atoms with Crippen LogP contribution in [0.4, 0.5) is 0 Å². The van der Waals surface area contributed by atoms with E-state index in [9.17, 15) is 0 Å². The van der Waals surface area contributed by atoms with E-state index < -0.39 is 0 Å². The van der Waals surface area contributed by atoms with Crippen molar-refractivity contribution in [3.05, 3.63) is 23.9 Å². The molecular formula is C10H19N. The fourth-order valence-electron chi connectivity index (χ4n) is 0.287. The van der Waals surface area contributed by atoms with Gasteiger partial charge in [-0.25, -0.2) is 0 Å². The van der Waals surface area contributed by atoms with Crippen LogP contribution >= 0.6 is 0 Å². The Hall–Kier alpha value is -0.850. The monoisotopic (exact) mass is 153 g/mol. The van der Waals surface area contributed by atoms with E-state index in [2.05, 4.69) is 11.6 Å². The fourth-order valence-corrected chi connectivity index (χ4v) is 0.287. The Balaban J connectivity index is 0. The molecular weight excluding hydrogens is 134 g/mol. The van der Waals surface area contributed by atoms with Crippen LogP contribution in [0.5, 0.6) is 0 Å². The molecule has 1 nitrogen and oxygen atoms in total. The largest absolute Gasteiger partial charge is 0.262 e. The van der Waals surface area contributed by atoms with Gasteiger partial charge in [0, 0.05) is 11.9 Å². The predicted octanol–water partition coefficient (Wildman–Crippen LogP) is 3.58. The zero-order valence-corrected chi connectivity index (χ0v) is 8.31. The van der Waals surface area contributed by atoms with E-state index in [4.69, 9.17) is 0 Å². The normalized spacial score (nSPS) is 10.8. The lowest BCUT2D eigenvalue weighted by Gasteiger charge is -1.86. The van der Waals surface area contributed by atoms with Crippen molar-refractivity contribution < 1.29 is 0 Å². The molecule has 0 unspecified atom stereocenters. The van der Waals surface area contributed by atoms with Crippen LogP contribution in [0.3, 0.4) is 0 Å². The Kier molecular flexibility index (Phi) is 10.6. The van der Waals surface area contributed by atoms with Crippen LogP contribution in [0, 0.1) is 0 Å². The van der Waals surface area contributed by atoms with Crippen molar-refractivity contribution in [2.75, 3.05) is 0 Å². The molecule has 0 spiro atoms. The van der Waals surface area contributed by atoms with Gasteiger partial charge in [-0.3, -0.25) is 4.99 Å². The standard InChI is InChI=1S/C8H13N.C2H6/c1-5-8(4)6-9-7(2)3;1-2/h5-6H,2H2,1,3-4H3;1-2H3/b8-5-,9-6?;. The molecule has 0 N–H and O–H groups in total. The van der Waals surface area contributed by atoms with Crippen LogP contribution in [0.1, 0.15) is 34.6 Å². The Morgan fingerprint density at radius 3 is 2.00 bits per heavy atom. The molecule has 0 fully saturated rings. The first-order valence-corrected chi connectivity index (χ1v) is 3.99. The summed E-state index contributed by atoms with van der Waals surface area (Å²) in [6, 6.07) is 0. The first-order valence-electron chi connectivity index (χ1n) is 3.99. The van der Waals surface area contributed by atoms with Gasteiger partial charge in [0.15, 0.2) is 0 Å². The highest BCUT2D eigenvalue weighted by atomic mass is 14.7. The van der Waals surface area contributed by atoms with E-state index in [1.807, 2.05) is 46.9 Å². The highest BCUT2D eigenvalue weighted by molar-refractivity contribution is 5.78. The van der Waals surface area contributed by atoms with Crippen molar-refractivity contribution in [3.8, 4) is 0 Å². The molecule has 0 rings (SSSR count). The van der Waals surface area contributed by atoms with Crippen molar-refractivity contribution in [1.82, 2.24) is 0 Å². The van der Waals surface area contributed by atoms with Crippen LogP contribution in [0.15, 0.2) is 28.9 Å². The van der Waals surface area contributed by atoms with Gasteiger partial charge in [-0.05, 0) is 26.3 Å². The maximum Gasteiger partial charge on any atom is 0.0301 e. The van der Waals surface area contributed by atoms with Gasteiger partial charge in [0.05, 0.1) is 0 Å². The lowest BCUT2D eigenvalue weighted by Crippen LogP contribution is -1.75. The number of aliphatic imine (C=N–C) groups is 1. The fraction of sp³-hybridized carbons (Fsp3) is 0.500. The third-order valence-corrected chi connectivity index (χ3v) is 0.944. The molecule has 0 aliphatic rings. The number of hydrogen-bond acceptors (Lipinski definition) is 1. The molecule has 0 amide bonds. The Morgan fingerprint density at radius 1 is 1.27 bits per heavy atom. The zero-order chi connectivity index (χ0) is 9.28. The molecule has 0 saturated heterocycles. The maximum absolute atomic E-state index is 4.01. The lowest BCUT2D eigenvalue weighted by atomic mass is 10.3. The van der Waals surface area contributed by atoms with E-state index in [0.29, 0.717) is 0 Å². The SMILES string of the molecule is C=C(C)N=C/C(C)=C\C.CC. The second-order valence-electron chi connectivity index (χ2n) is 2.03. The van der Waals surface area contributed by atoms with Crippen molar-refractivity contribution >= 4 is 6.21 Å². The molecule has 0 aromatic heterocycles. The predicted molar refractivity (Wildman–Crippen MR) is 54.1 cm³/mol. The highest BCUT2D eigenvalue weighted by Crippen LogP contribution is 1.91. The summed E-state index contributed by atoms with van der Waals surface area (Å²) in [6.45, 7) is 13.5. The Labute approximate surface area is 70.5 Å². The second-order valence-corrected chi connectivity index (χ2v) is 2.03. The molecule has 0 atom stereocenters. The van der Waals surface area contributed by atoms with Crippen LogP contribution in [0.2, 0.25) is 0 Å². The first-order chi connectivity index (χ1) is 5.16. The lowest BCUT2D eigenvalue weighted by molar-refractivity contribution is 1.33. The van der Waals surface area contributed by atoms with E-state index in [0.717, 1.165) is 11.3 Å². The smallest absolute Gasteiger partial charge is 0.0301 e. The minimum absolute atomic E-state index is 0.844. The van der Waals surface area contributed by atoms with E-state index in [-0.39, 0.29) is 0 Å². The zero-order valence-electron chi connectivity index (χ0n) is 8.31. The molecule has 64 valence electrons. The van der Waals surface area contributed by atoms with Gasteiger partial charge in [-0.1, -0.05) is 26.5 Å². The van der Waals surface area contributed by atoms with Gasteiger partial charge in [-0.2, -0.15) is 0 Å². The molecule has 0 aliphatic carbocycles. The summed E-state index contributed by atoms with van der Waals surface area (Å²) in [4.78, 5) is 4.01. The van der Waals surface area contributed by atoms with Crippen molar-refractivity contribution in [2.45, 2.75) is 34.6 Å². The Morgan fingerprint density at radius 2 is 1.73 bits per heavy atom. The number of nitrogens with zero attached hydrogens (tertiary/aromatic N) is 1. The van der Waals surface area contributed by atoms with E-state index in [1.165, 1.54) is 0 Å². The Bertz CT molecular complexity index is 152. The number of allylic oxidation sites excluding steroid dienone is 3. The topological polar surface area (TPSA) is 12.4 Å². The van der Waals surface area contributed by atoms with Crippen LogP contribution < -0.4 is 0 Å². The van der Waals surface area contributed by atoms with Crippen LogP contribution in [0.25, 0.3) is 0 Å². The maximum atomic E-state index is 4.01. The summed E-state index contributed by atoms with van der Waals surface area (Å²) < 4.78 is 0. The third kappa shape index (κ3) is 12.4. The molecule has 0 aliphatic heterocycles. The van der Waals surface area contributed by atoms with Crippen molar-refractivity contribution in [1.29, 1.82) is 0 Å². The quantitative estimate of drug-likeness (QED) is 0.538. The second kappa shape index (κ2) is 9.15. The van der Waals surface area contributed by atoms with Gasteiger partial charge in [0.1, 0.15) is 0 Å². The minimum atomic E-state index is 0.844. The molecule has 0 radical (unpaired) electrons. The highest BCUT2D eigenvalue weighted by Gasteiger charge is 1.76. The van der Waals surface area contributed by atoms with Crippen LogP contribution in [-0.2, 0) is 0 Å². The average Bonchev–Trinajstić information content (AvgIpc) is 2.04. The molecule has 1 heteroatoms. The molecule has 0 bridgehead atoms. The summed E-state index contributed by atoms with van der Waals surface area (Å²) in [5.41, 5.74) is 2.01. The van der Waals surface area contributed by atoms with Crippen molar-refractivity contribution in [3.63, 3.8) is 0 Å². The van der Waals surface area contributed by atoms with Gasteiger partial charge in [0.25, 0.3) is 0 Å². The summed E-state index contributed by atoms with van der Waals surface area (Å²) in [5, 5.41) is 0. The summed E-state index contributed by atoms with van der Waals surface area (Å²) >= 11 is 0. The number of rotatable bonds is 2.